The molecule has 112 valence electrons. The third-order valence-electron chi connectivity index (χ3n) is 2.97. The number of benzene rings is 1. The van der Waals surface area contributed by atoms with E-state index in [-0.39, 0.29) is 6.10 Å². The molecule has 4 heteroatoms. The third-order valence-corrected chi connectivity index (χ3v) is 2.97. The van der Waals surface area contributed by atoms with Gasteiger partial charge in [0.1, 0.15) is 17.4 Å². The number of ether oxygens (including phenoxy) is 1. The van der Waals surface area contributed by atoms with E-state index >= 15 is 0 Å². The Morgan fingerprint density at radius 2 is 1.81 bits per heavy atom. The van der Waals surface area contributed by atoms with Gasteiger partial charge in [0, 0.05) is 24.6 Å². The van der Waals surface area contributed by atoms with Crippen molar-refractivity contribution < 1.29 is 4.74 Å². The summed E-state index contributed by atoms with van der Waals surface area (Å²) in [7, 11) is 0. The van der Waals surface area contributed by atoms with Gasteiger partial charge in [-0.3, -0.25) is 0 Å². The van der Waals surface area contributed by atoms with Gasteiger partial charge in [0.2, 0.25) is 0 Å². The van der Waals surface area contributed by atoms with E-state index in [9.17, 15) is 0 Å². The van der Waals surface area contributed by atoms with Crippen molar-refractivity contribution in [2.75, 3.05) is 11.9 Å². The summed E-state index contributed by atoms with van der Waals surface area (Å²) in [5.41, 5.74) is 2.01. The Kier molecular flexibility index (Phi) is 5.14. The van der Waals surface area contributed by atoms with Gasteiger partial charge in [-0.2, -0.15) is 0 Å². The summed E-state index contributed by atoms with van der Waals surface area (Å²) in [5.74, 6) is 2.61. The molecule has 0 saturated carbocycles. The molecule has 0 unspecified atom stereocenters. The number of aryl methyl sites for hydroxylation is 1. The van der Waals surface area contributed by atoms with Gasteiger partial charge in [-0.25, -0.2) is 9.97 Å². The van der Waals surface area contributed by atoms with Gasteiger partial charge in [-0.05, 0) is 45.0 Å². The second kappa shape index (κ2) is 7.07. The average molecular weight is 285 g/mol. The molecule has 1 aromatic heterocycles. The van der Waals surface area contributed by atoms with Crippen molar-refractivity contribution in [2.45, 2.75) is 40.2 Å². The van der Waals surface area contributed by atoms with Crippen LogP contribution < -0.4 is 10.1 Å². The molecule has 0 bridgehead atoms. The van der Waals surface area contributed by atoms with Crippen molar-refractivity contribution in [3.63, 3.8) is 0 Å². The smallest absolute Gasteiger partial charge is 0.131 e. The minimum atomic E-state index is 0.182. The molecule has 4 nitrogen and oxygen atoms in total. The Hall–Kier alpha value is -2.10. The molecular weight excluding hydrogens is 262 g/mol. The summed E-state index contributed by atoms with van der Waals surface area (Å²) in [4.78, 5) is 9.08. The van der Waals surface area contributed by atoms with E-state index in [0.717, 1.165) is 41.6 Å². The Bertz CT molecular complexity index is 579. The number of rotatable bonds is 6. The number of hydrogen-bond donors (Lipinski definition) is 1. The molecule has 1 N–H and O–H groups in total. The van der Waals surface area contributed by atoms with Crippen molar-refractivity contribution in [1.29, 1.82) is 0 Å². The second-order valence-electron chi connectivity index (χ2n) is 5.13. The fourth-order valence-electron chi connectivity index (χ4n) is 2.05. The van der Waals surface area contributed by atoms with E-state index in [1.54, 1.807) is 0 Å². The van der Waals surface area contributed by atoms with Crippen LogP contribution in [0.4, 0.5) is 5.82 Å². The molecule has 1 heterocycles. The zero-order valence-corrected chi connectivity index (χ0v) is 13.2. The number of nitrogens with zero attached hydrogens (tertiary/aromatic N) is 2. The van der Waals surface area contributed by atoms with Crippen LogP contribution in [0, 0.1) is 0 Å². The topological polar surface area (TPSA) is 47.0 Å². The summed E-state index contributed by atoms with van der Waals surface area (Å²) in [5, 5.41) is 3.25. The predicted octanol–water partition coefficient (Wildman–Crippen LogP) is 3.93. The SMILES string of the molecule is CCNc1cc(-c2ccc(OC(C)C)cc2)nc(CC)n1. The molecule has 1 aromatic carbocycles. The van der Waals surface area contributed by atoms with Crippen LogP contribution in [0.3, 0.4) is 0 Å². The fourth-order valence-corrected chi connectivity index (χ4v) is 2.05. The summed E-state index contributed by atoms with van der Waals surface area (Å²) in [6.07, 6.45) is 1.00. The Morgan fingerprint density at radius 1 is 1.10 bits per heavy atom. The predicted molar refractivity (Wildman–Crippen MR) is 86.8 cm³/mol. The first-order valence-corrected chi connectivity index (χ1v) is 7.51. The van der Waals surface area contributed by atoms with Crippen LogP contribution in [-0.2, 0) is 6.42 Å². The first-order valence-electron chi connectivity index (χ1n) is 7.51. The van der Waals surface area contributed by atoms with Gasteiger partial charge in [-0.1, -0.05) is 6.92 Å². The number of nitrogens with one attached hydrogen (secondary N) is 1. The maximum absolute atomic E-state index is 5.67. The van der Waals surface area contributed by atoms with Gasteiger partial charge in [0.05, 0.1) is 11.8 Å². The standard InChI is InChI=1S/C17H23N3O/c1-5-16-19-15(11-17(20-16)18-6-2)13-7-9-14(10-8-13)21-12(3)4/h7-12H,5-6H2,1-4H3,(H,18,19,20). The number of aromatic nitrogens is 2. The van der Waals surface area contributed by atoms with Gasteiger partial charge in [0.15, 0.2) is 0 Å². The van der Waals surface area contributed by atoms with E-state index in [1.165, 1.54) is 0 Å². The Morgan fingerprint density at radius 3 is 2.38 bits per heavy atom. The monoisotopic (exact) mass is 285 g/mol. The van der Waals surface area contributed by atoms with Crippen LogP contribution in [0.5, 0.6) is 5.75 Å². The van der Waals surface area contributed by atoms with Gasteiger partial charge < -0.3 is 10.1 Å². The molecule has 0 radical (unpaired) electrons. The highest BCUT2D eigenvalue weighted by molar-refractivity contribution is 5.63. The van der Waals surface area contributed by atoms with Crippen LogP contribution in [0.25, 0.3) is 11.3 Å². The lowest BCUT2D eigenvalue weighted by Crippen LogP contribution is -2.05. The molecule has 0 aliphatic heterocycles. The zero-order chi connectivity index (χ0) is 15.2. The number of anilines is 1. The van der Waals surface area contributed by atoms with Crippen LogP contribution in [0.1, 0.15) is 33.5 Å². The van der Waals surface area contributed by atoms with Gasteiger partial charge in [0.25, 0.3) is 0 Å². The molecule has 0 amide bonds. The molecule has 2 rings (SSSR count). The molecule has 0 spiro atoms. The highest BCUT2D eigenvalue weighted by Crippen LogP contribution is 2.23. The van der Waals surface area contributed by atoms with Crippen molar-refractivity contribution in [3.05, 3.63) is 36.2 Å². The average Bonchev–Trinajstić information content (AvgIpc) is 2.47. The van der Waals surface area contributed by atoms with Crippen LogP contribution in [0.15, 0.2) is 30.3 Å². The summed E-state index contributed by atoms with van der Waals surface area (Å²) >= 11 is 0. The fraction of sp³-hybridized carbons (Fsp3) is 0.412. The molecule has 0 saturated heterocycles. The minimum absolute atomic E-state index is 0.182. The van der Waals surface area contributed by atoms with Crippen LogP contribution in [0.2, 0.25) is 0 Å². The molecule has 0 atom stereocenters. The van der Waals surface area contributed by atoms with E-state index in [0.29, 0.717) is 0 Å². The summed E-state index contributed by atoms with van der Waals surface area (Å²) in [6, 6.07) is 10.0. The molecule has 0 aliphatic carbocycles. The normalized spacial score (nSPS) is 10.7. The second-order valence-corrected chi connectivity index (χ2v) is 5.13. The molecular formula is C17H23N3O. The van der Waals surface area contributed by atoms with E-state index in [1.807, 2.05) is 44.2 Å². The number of hydrogen-bond acceptors (Lipinski definition) is 4. The Balaban J connectivity index is 2.29. The summed E-state index contributed by atoms with van der Waals surface area (Å²) in [6.45, 7) is 9.02. The molecule has 21 heavy (non-hydrogen) atoms. The largest absolute Gasteiger partial charge is 0.491 e. The molecule has 2 aromatic rings. The summed E-state index contributed by atoms with van der Waals surface area (Å²) < 4.78 is 5.67. The zero-order valence-electron chi connectivity index (χ0n) is 13.2. The molecule has 0 fully saturated rings. The van der Waals surface area contributed by atoms with Gasteiger partial charge >= 0.3 is 0 Å². The van der Waals surface area contributed by atoms with Crippen LogP contribution >= 0.6 is 0 Å². The highest BCUT2D eigenvalue weighted by atomic mass is 16.5. The van der Waals surface area contributed by atoms with Gasteiger partial charge in [-0.15, -0.1) is 0 Å². The molecule has 0 aliphatic rings. The van der Waals surface area contributed by atoms with Crippen molar-refractivity contribution in [3.8, 4) is 17.0 Å². The van der Waals surface area contributed by atoms with Crippen molar-refractivity contribution >= 4 is 5.82 Å². The highest BCUT2D eigenvalue weighted by Gasteiger charge is 2.06. The van der Waals surface area contributed by atoms with E-state index in [4.69, 9.17) is 4.74 Å². The quantitative estimate of drug-likeness (QED) is 0.873. The lowest BCUT2D eigenvalue weighted by Gasteiger charge is -2.11. The minimum Gasteiger partial charge on any atom is -0.491 e. The Labute approximate surface area is 126 Å². The maximum Gasteiger partial charge on any atom is 0.131 e. The van der Waals surface area contributed by atoms with Crippen LogP contribution in [-0.4, -0.2) is 22.6 Å². The van der Waals surface area contributed by atoms with E-state index in [2.05, 4.69) is 29.1 Å². The first kappa shape index (κ1) is 15.3. The maximum atomic E-state index is 5.67. The third kappa shape index (κ3) is 4.18. The lowest BCUT2D eigenvalue weighted by molar-refractivity contribution is 0.242. The van der Waals surface area contributed by atoms with Crippen molar-refractivity contribution in [2.24, 2.45) is 0 Å². The van der Waals surface area contributed by atoms with Crippen molar-refractivity contribution in [1.82, 2.24) is 9.97 Å². The first-order chi connectivity index (χ1) is 10.1. The van der Waals surface area contributed by atoms with E-state index < -0.39 is 0 Å². The lowest BCUT2D eigenvalue weighted by atomic mass is 10.1.